The Kier molecular flexibility index (Phi) is 4.92. The average Bonchev–Trinajstić information content (AvgIpc) is 3.19. The van der Waals surface area contributed by atoms with Gasteiger partial charge in [0.2, 0.25) is 0 Å². The Balaban J connectivity index is 1.55. The maximum Gasteiger partial charge on any atom is 0.0541 e. The van der Waals surface area contributed by atoms with Crippen LogP contribution in [0.25, 0.3) is 38.6 Å². The molecule has 2 nitrogen and oxygen atoms in total. The van der Waals surface area contributed by atoms with Crippen molar-refractivity contribution in [1.82, 2.24) is 4.57 Å². The highest BCUT2D eigenvalue weighted by Crippen LogP contribution is 2.37. The largest absolute Gasteiger partial charge is 0.355 e. The second-order valence-electron chi connectivity index (χ2n) is 8.91. The molecule has 0 bridgehead atoms. The molecule has 5 aromatic carbocycles. The number of para-hydroxylation sites is 3. The van der Waals surface area contributed by atoms with Crippen molar-refractivity contribution in [2.45, 2.75) is 13.8 Å². The molecule has 34 heavy (non-hydrogen) atoms. The Labute approximate surface area is 200 Å². The molecule has 6 aromatic rings. The fraction of sp³-hybridized carbons (Fsp3) is 0.0625. The van der Waals surface area contributed by atoms with E-state index in [1.807, 2.05) is 6.07 Å². The number of fused-ring (bicyclic) bond motifs is 3. The van der Waals surface area contributed by atoms with Crippen LogP contribution in [0.1, 0.15) is 11.1 Å². The predicted molar refractivity (Wildman–Crippen MR) is 145 cm³/mol. The first-order chi connectivity index (χ1) is 16.7. The summed E-state index contributed by atoms with van der Waals surface area (Å²) in [6.07, 6.45) is 0. The highest BCUT2D eigenvalue weighted by atomic mass is 15.0. The van der Waals surface area contributed by atoms with E-state index in [4.69, 9.17) is 0 Å². The molecule has 0 saturated carbocycles. The van der Waals surface area contributed by atoms with Gasteiger partial charge in [-0.15, -0.1) is 0 Å². The van der Waals surface area contributed by atoms with Crippen LogP contribution in [-0.4, -0.2) is 4.57 Å². The number of nitrogens with zero attached hydrogens (tertiary/aromatic N) is 1. The van der Waals surface area contributed by atoms with Crippen LogP contribution in [0, 0.1) is 13.8 Å². The standard InChI is InChI=1S/C32H26N2/c1-22-16-19-32-29(20-22)27-13-7-9-15-31(27)34(32)25-18-17-23(2)28(21-25)26-12-6-8-14-30(26)33-24-10-4-3-5-11-24/h3-21,33H,1-2H3. The van der Waals surface area contributed by atoms with Gasteiger partial charge < -0.3 is 9.88 Å². The molecule has 0 saturated heterocycles. The van der Waals surface area contributed by atoms with Gasteiger partial charge in [-0.2, -0.15) is 0 Å². The third-order valence-electron chi connectivity index (χ3n) is 6.58. The summed E-state index contributed by atoms with van der Waals surface area (Å²) in [5, 5.41) is 6.19. The lowest BCUT2D eigenvalue weighted by Gasteiger charge is -2.16. The number of rotatable bonds is 4. The first kappa shape index (κ1) is 20.3. The molecule has 6 rings (SSSR count). The zero-order chi connectivity index (χ0) is 23.1. The second-order valence-corrected chi connectivity index (χ2v) is 8.91. The Morgan fingerprint density at radius 1 is 0.559 bits per heavy atom. The number of hydrogen-bond donors (Lipinski definition) is 1. The number of benzene rings is 5. The molecule has 0 aliphatic carbocycles. The molecule has 0 radical (unpaired) electrons. The monoisotopic (exact) mass is 438 g/mol. The molecule has 1 aromatic heterocycles. The minimum absolute atomic E-state index is 1.08. The van der Waals surface area contributed by atoms with Gasteiger partial charge in [0, 0.05) is 33.4 Å². The molecule has 0 fully saturated rings. The van der Waals surface area contributed by atoms with Crippen molar-refractivity contribution in [3.05, 3.63) is 126 Å². The van der Waals surface area contributed by atoms with Gasteiger partial charge in [-0.1, -0.05) is 72.3 Å². The van der Waals surface area contributed by atoms with E-state index in [0.717, 1.165) is 11.4 Å². The molecule has 164 valence electrons. The van der Waals surface area contributed by atoms with Crippen molar-refractivity contribution in [1.29, 1.82) is 0 Å². The zero-order valence-corrected chi connectivity index (χ0v) is 19.4. The van der Waals surface area contributed by atoms with Crippen LogP contribution in [0.2, 0.25) is 0 Å². The summed E-state index contributed by atoms with van der Waals surface area (Å²) in [5.74, 6) is 0. The molecule has 2 heteroatoms. The molecular weight excluding hydrogens is 412 g/mol. The lowest BCUT2D eigenvalue weighted by atomic mass is 9.98. The van der Waals surface area contributed by atoms with E-state index < -0.39 is 0 Å². The van der Waals surface area contributed by atoms with Crippen LogP contribution >= 0.6 is 0 Å². The van der Waals surface area contributed by atoms with Crippen molar-refractivity contribution >= 4 is 33.2 Å². The van der Waals surface area contributed by atoms with Crippen LogP contribution in [0.5, 0.6) is 0 Å². The number of hydrogen-bond acceptors (Lipinski definition) is 1. The normalized spacial score (nSPS) is 11.2. The summed E-state index contributed by atoms with van der Waals surface area (Å²) in [6.45, 7) is 4.35. The van der Waals surface area contributed by atoms with Crippen LogP contribution in [0.15, 0.2) is 115 Å². The number of anilines is 2. The minimum atomic E-state index is 1.08. The predicted octanol–water partition coefficient (Wildman–Crippen LogP) is 8.81. The van der Waals surface area contributed by atoms with E-state index in [0.29, 0.717) is 0 Å². The number of nitrogens with one attached hydrogen (secondary N) is 1. The van der Waals surface area contributed by atoms with Gasteiger partial charge in [-0.05, 0) is 73.5 Å². The third kappa shape index (κ3) is 3.45. The number of aryl methyl sites for hydroxylation is 2. The van der Waals surface area contributed by atoms with Gasteiger partial charge in [0.1, 0.15) is 0 Å². The number of aromatic nitrogens is 1. The van der Waals surface area contributed by atoms with Gasteiger partial charge in [0.25, 0.3) is 0 Å². The molecule has 0 amide bonds. The highest BCUT2D eigenvalue weighted by Gasteiger charge is 2.14. The second kappa shape index (κ2) is 8.24. The lowest BCUT2D eigenvalue weighted by molar-refractivity contribution is 1.17. The summed E-state index contributed by atoms with van der Waals surface area (Å²) in [5.41, 5.74) is 10.8. The quantitative estimate of drug-likeness (QED) is 0.291. The fourth-order valence-electron chi connectivity index (χ4n) is 4.91. The Hall–Kier alpha value is -4.30. The third-order valence-corrected chi connectivity index (χ3v) is 6.58. The molecule has 0 spiro atoms. The highest BCUT2D eigenvalue weighted by molar-refractivity contribution is 6.09. The molecule has 1 heterocycles. The van der Waals surface area contributed by atoms with E-state index in [9.17, 15) is 0 Å². The Bertz CT molecular complexity index is 1640. The van der Waals surface area contributed by atoms with Gasteiger partial charge in [0.15, 0.2) is 0 Å². The van der Waals surface area contributed by atoms with Crippen LogP contribution in [0.3, 0.4) is 0 Å². The van der Waals surface area contributed by atoms with Crippen LogP contribution in [0.4, 0.5) is 11.4 Å². The topological polar surface area (TPSA) is 17.0 Å². The SMILES string of the molecule is Cc1ccc2c(c1)c1ccccc1n2-c1ccc(C)c(-c2ccccc2Nc2ccccc2)c1. The van der Waals surface area contributed by atoms with Gasteiger partial charge in [-0.25, -0.2) is 0 Å². The van der Waals surface area contributed by atoms with E-state index in [1.54, 1.807) is 0 Å². The first-order valence-electron chi connectivity index (χ1n) is 11.7. The first-order valence-corrected chi connectivity index (χ1v) is 11.7. The maximum absolute atomic E-state index is 3.61. The molecule has 0 aliphatic heterocycles. The van der Waals surface area contributed by atoms with E-state index in [1.165, 1.54) is 49.7 Å². The van der Waals surface area contributed by atoms with Crippen molar-refractivity contribution < 1.29 is 0 Å². The minimum Gasteiger partial charge on any atom is -0.355 e. The molecule has 0 atom stereocenters. The molecule has 0 unspecified atom stereocenters. The van der Waals surface area contributed by atoms with E-state index in [-0.39, 0.29) is 0 Å². The molecule has 0 aliphatic rings. The van der Waals surface area contributed by atoms with Crippen molar-refractivity contribution in [3.8, 4) is 16.8 Å². The Morgan fingerprint density at radius 2 is 1.29 bits per heavy atom. The van der Waals surface area contributed by atoms with Crippen LogP contribution in [-0.2, 0) is 0 Å². The lowest BCUT2D eigenvalue weighted by Crippen LogP contribution is -1.98. The average molecular weight is 439 g/mol. The molecule has 1 N–H and O–H groups in total. The van der Waals surface area contributed by atoms with Gasteiger partial charge in [-0.3, -0.25) is 0 Å². The zero-order valence-electron chi connectivity index (χ0n) is 19.4. The molecular formula is C32H26N2. The summed E-state index contributed by atoms with van der Waals surface area (Å²) in [7, 11) is 0. The van der Waals surface area contributed by atoms with E-state index >= 15 is 0 Å². The van der Waals surface area contributed by atoms with Gasteiger partial charge >= 0.3 is 0 Å². The summed E-state index contributed by atoms with van der Waals surface area (Å²) >= 11 is 0. The smallest absolute Gasteiger partial charge is 0.0541 e. The van der Waals surface area contributed by atoms with Crippen LogP contribution < -0.4 is 5.32 Å². The van der Waals surface area contributed by atoms with E-state index in [2.05, 4.69) is 133 Å². The summed E-state index contributed by atoms with van der Waals surface area (Å²) in [4.78, 5) is 0. The van der Waals surface area contributed by atoms with Crippen molar-refractivity contribution in [2.24, 2.45) is 0 Å². The fourth-order valence-corrected chi connectivity index (χ4v) is 4.91. The summed E-state index contributed by atoms with van der Waals surface area (Å²) in [6, 6.07) is 41.1. The van der Waals surface area contributed by atoms with Crippen molar-refractivity contribution in [3.63, 3.8) is 0 Å². The maximum atomic E-state index is 3.61. The summed E-state index contributed by atoms with van der Waals surface area (Å²) < 4.78 is 2.39. The van der Waals surface area contributed by atoms with Crippen molar-refractivity contribution in [2.75, 3.05) is 5.32 Å². The van der Waals surface area contributed by atoms with Gasteiger partial charge in [0.05, 0.1) is 11.0 Å². The Morgan fingerprint density at radius 3 is 2.18 bits per heavy atom.